The van der Waals surface area contributed by atoms with Gasteiger partial charge in [0.2, 0.25) is 5.91 Å². The second kappa shape index (κ2) is 24.1. The first-order valence-corrected chi connectivity index (χ1v) is 24.9. The Kier molecular flexibility index (Phi) is 20.9. The molecule has 4 aliphatic carbocycles. The third-order valence-electron chi connectivity index (χ3n) is 16.4. The summed E-state index contributed by atoms with van der Waals surface area (Å²) < 4.78 is 0. The average molecular weight is 881 g/mol. The number of phenolic OH excluding ortho intramolecular Hbond substituents is 1. The van der Waals surface area contributed by atoms with Crippen molar-refractivity contribution in [3.63, 3.8) is 0 Å². The van der Waals surface area contributed by atoms with Gasteiger partial charge in [-0.15, -0.1) is 0 Å². The summed E-state index contributed by atoms with van der Waals surface area (Å²) in [6, 6.07) is 6.54. The number of phenols is 1. The van der Waals surface area contributed by atoms with Gasteiger partial charge in [0.05, 0.1) is 17.8 Å². The summed E-state index contributed by atoms with van der Waals surface area (Å²) in [5.41, 5.74) is 0.0580. The van der Waals surface area contributed by atoms with E-state index in [4.69, 9.17) is 0 Å². The van der Waals surface area contributed by atoms with Crippen LogP contribution in [0.4, 0.5) is 0 Å². The lowest BCUT2D eigenvalue weighted by atomic mass is 9.43. The van der Waals surface area contributed by atoms with Gasteiger partial charge in [-0.3, -0.25) is 19.2 Å². The fraction of sp³-hybridized carbons (Fsp3) is 0.815. The molecule has 0 aliphatic heterocycles. The fourth-order valence-corrected chi connectivity index (χ4v) is 12.3. The summed E-state index contributed by atoms with van der Waals surface area (Å²) in [6.45, 7) is 20.3. The van der Waals surface area contributed by atoms with Crippen molar-refractivity contribution < 1.29 is 34.5 Å². The molecule has 63 heavy (non-hydrogen) atoms. The van der Waals surface area contributed by atoms with E-state index < -0.39 is 0 Å². The second-order valence-corrected chi connectivity index (χ2v) is 22.7. The molecular weight excluding hydrogens is 789 g/mol. The van der Waals surface area contributed by atoms with Crippen molar-refractivity contribution in [1.29, 1.82) is 0 Å². The van der Waals surface area contributed by atoms with E-state index in [0.29, 0.717) is 85.0 Å². The minimum atomic E-state index is -0.264. The summed E-state index contributed by atoms with van der Waals surface area (Å²) in [6.07, 6.45) is 19.0. The van der Waals surface area contributed by atoms with E-state index >= 15 is 0 Å². The third-order valence-corrected chi connectivity index (χ3v) is 16.4. The number of hydrogen-bond donors (Lipinski definition) is 5. The zero-order valence-corrected chi connectivity index (χ0v) is 40.5. The van der Waals surface area contributed by atoms with Crippen molar-refractivity contribution in [2.24, 2.45) is 57.2 Å². The first-order chi connectivity index (χ1) is 29.1. The van der Waals surface area contributed by atoms with E-state index in [1.807, 2.05) is 41.5 Å². The molecule has 0 heterocycles. The Balaban J connectivity index is 0.000000378. The summed E-state index contributed by atoms with van der Waals surface area (Å²) in [5.74, 6) is 3.95. The van der Waals surface area contributed by atoms with E-state index in [0.717, 1.165) is 83.5 Å². The van der Waals surface area contributed by atoms with Gasteiger partial charge in [-0.25, -0.2) is 0 Å². The van der Waals surface area contributed by atoms with Crippen LogP contribution in [0.15, 0.2) is 24.3 Å². The van der Waals surface area contributed by atoms with Crippen LogP contribution in [0.5, 0.6) is 5.75 Å². The van der Waals surface area contributed by atoms with Crippen LogP contribution < -0.4 is 10.6 Å². The van der Waals surface area contributed by atoms with Gasteiger partial charge in [0.25, 0.3) is 5.91 Å². The molecule has 0 radical (unpaired) electrons. The number of amides is 2. The summed E-state index contributed by atoms with van der Waals surface area (Å²) in [4.78, 5) is 48.3. The molecule has 5 N–H and O–H groups in total. The molecule has 5 rings (SSSR count). The number of aromatic hydroxyl groups is 1. The predicted octanol–water partition coefficient (Wildman–Crippen LogP) is 11.4. The summed E-state index contributed by atoms with van der Waals surface area (Å²) in [7, 11) is 0. The number of rotatable bonds is 19. The van der Waals surface area contributed by atoms with Crippen LogP contribution >= 0.6 is 0 Å². The highest BCUT2D eigenvalue weighted by Crippen LogP contribution is 2.68. The van der Waals surface area contributed by atoms with E-state index in [-0.39, 0.29) is 58.9 Å². The number of Topliss-reactive ketones (excluding diaryl/α,β-unsaturated/α-hetero) is 2. The van der Waals surface area contributed by atoms with Gasteiger partial charge < -0.3 is 26.0 Å². The lowest BCUT2D eigenvalue weighted by Crippen LogP contribution is -2.58. The molecule has 10 atom stereocenters. The Hall–Kier alpha value is -2.78. The topological polar surface area (TPSA) is 153 Å². The van der Waals surface area contributed by atoms with Crippen molar-refractivity contribution in [1.82, 2.24) is 10.6 Å². The monoisotopic (exact) mass is 881 g/mol. The fourth-order valence-electron chi connectivity index (χ4n) is 12.3. The highest BCUT2D eigenvalue weighted by Gasteiger charge is 2.63. The van der Waals surface area contributed by atoms with Gasteiger partial charge in [0, 0.05) is 43.2 Å². The zero-order chi connectivity index (χ0) is 45.9. The minimum absolute atomic E-state index is 0. The maximum atomic E-state index is 12.6. The van der Waals surface area contributed by atoms with Gasteiger partial charge in [-0.1, -0.05) is 108 Å². The first-order valence-electron chi connectivity index (χ1n) is 24.9. The average Bonchev–Trinajstić information content (AvgIpc) is 3.58. The number of carbonyl (C=O) groups excluding carboxylic acids is 4. The molecule has 4 fully saturated rings. The van der Waals surface area contributed by atoms with E-state index in [1.165, 1.54) is 31.7 Å². The zero-order valence-electron chi connectivity index (χ0n) is 40.5. The number of aliphatic hydroxyl groups is 2. The molecule has 0 saturated heterocycles. The minimum Gasteiger partial charge on any atom is -0.507 e. The molecule has 9 nitrogen and oxygen atoms in total. The largest absolute Gasteiger partial charge is 0.507 e. The molecule has 0 unspecified atom stereocenters. The molecule has 360 valence electrons. The lowest BCUT2D eigenvalue weighted by molar-refractivity contribution is -0.174. The van der Waals surface area contributed by atoms with Crippen LogP contribution in [0.3, 0.4) is 0 Å². The Morgan fingerprint density at radius 2 is 1.29 bits per heavy atom. The molecule has 2 amide bonds. The predicted molar refractivity (Wildman–Crippen MR) is 256 cm³/mol. The number of carbonyl (C=O) groups is 4. The molecule has 9 heteroatoms. The number of unbranched alkanes of at least 4 members (excludes halogenated alkanes) is 6. The van der Waals surface area contributed by atoms with Gasteiger partial charge in [0.1, 0.15) is 17.3 Å². The van der Waals surface area contributed by atoms with E-state index in [1.54, 1.807) is 18.2 Å². The number of ketones is 2. The molecule has 0 aromatic heterocycles. The van der Waals surface area contributed by atoms with E-state index in [9.17, 15) is 34.5 Å². The van der Waals surface area contributed by atoms with Gasteiger partial charge in [0.15, 0.2) is 0 Å². The Labute approximate surface area is 383 Å². The molecule has 0 bridgehead atoms. The van der Waals surface area contributed by atoms with Crippen LogP contribution in [-0.2, 0) is 14.4 Å². The molecule has 1 aromatic carbocycles. The van der Waals surface area contributed by atoms with Crippen molar-refractivity contribution in [3.8, 4) is 5.75 Å². The quantitative estimate of drug-likeness (QED) is 0.0867. The molecule has 4 saturated carbocycles. The standard InChI is InChI=1S/C34H59NO4.C19H29NO3.CH4/c1-22(11-16-31(39)35-19-9-7-8-10-29(37)32(2,3)4)26-14-15-27-25-13-12-23-20-24(36)17-18-33(23,5)28(25)21-30(38)34(26,27)6;1-19(2,3)17(22)13-7-5-4-6-10-14-20-18(23)15-11-8-9-12-16(15)21;/h22-28,30,36,38H,7-21H2,1-6H3,(H,35,39);8-9,11-12,21H,4-7,10,13-14H2,1-3H3,(H,20,23);1H4/t22-,23-,24-,25+,26-,27+,28+,30+,33+,34-;;/m1../s1. The SMILES string of the molecule is C.CC(C)(C)C(=O)CCCCCCCNC(=O)c1ccccc1O.C[C@H](CCC(=O)NCCCCCC(=O)C(C)(C)C)[C@H]1CC[C@H]2[C@@H]3CC[C@@H]4C[C@H](O)CC[C@]4(C)[C@H]3C[C@H](O)[C@]12C. The Morgan fingerprint density at radius 1 is 0.714 bits per heavy atom. The first kappa shape index (κ1) is 54.6. The number of para-hydroxylation sites is 1. The molecule has 4 aliphatic rings. The number of aliphatic hydroxyl groups excluding tert-OH is 2. The smallest absolute Gasteiger partial charge is 0.255 e. The second-order valence-electron chi connectivity index (χ2n) is 22.7. The molecule has 0 spiro atoms. The van der Waals surface area contributed by atoms with Gasteiger partial charge in [-0.05, 0) is 142 Å². The van der Waals surface area contributed by atoms with Crippen molar-refractivity contribution in [2.75, 3.05) is 13.1 Å². The summed E-state index contributed by atoms with van der Waals surface area (Å²) in [5, 5.41) is 37.6. The third kappa shape index (κ3) is 14.6. The lowest BCUT2D eigenvalue weighted by Gasteiger charge is -2.62. The van der Waals surface area contributed by atoms with Gasteiger partial charge >= 0.3 is 0 Å². The van der Waals surface area contributed by atoms with Gasteiger partial charge in [-0.2, -0.15) is 0 Å². The van der Waals surface area contributed by atoms with Crippen LogP contribution in [-0.4, -0.2) is 64.0 Å². The Bertz CT molecular complexity index is 1610. The number of nitrogens with one attached hydrogen (secondary N) is 2. The number of fused-ring (bicyclic) bond motifs is 5. The maximum Gasteiger partial charge on any atom is 0.255 e. The van der Waals surface area contributed by atoms with Crippen molar-refractivity contribution in [3.05, 3.63) is 29.8 Å². The van der Waals surface area contributed by atoms with Crippen LogP contribution in [0.2, 0.25) is 0 Å². The molecular formula is C54H92N2O7. The number of hydrogen-bond acceptors (Lipinski definition) is 7. The normalized spacial score (nSPS) is 29.3. The van der Waals surface area contributed by atoms with Crippen molar-refractivity contribution in [2.45, 2.75) is 210 Å². The highest BCUT2D eigenvalue weighted by molar-refractivity contribution is 5.96. The molecule has 1 aromatic rings. The maximum absolute atomic E-state index is 12.6. The van der Waals surface area contributed by atoms with Crippen LogP contribution in [0.25, 0.3) is 0 Å². The number of benzene rings is 1. The van der Waals surface area contributed by atoms with Crippen LogP contribution in [0.1, 0.15) is 209 Å². The van der Waals surface area contributed by atoms with Crippen LogP contribution in [0, 0.1) is 57.2 Å². The summed E-state index contributed by atoms with van der Waals surface area (Å²) >= 11 is 0. The Morgan fingerprint density at radius 3 is 1.90 bits per heavy atom. The highest BCUT2D eigenvalue weighted by atomic mass is 16.3. The van der Waals surface area contributed by atoms with Crippen molar-refractivity contribution >= 4 is 23.4 Å². The van der Waals surface area contributed by atoms with E-state index in [2.05, 4.69) is 31.4 Å².